The van der Waals surface area contributed by atoms with Crippen molar-refractivity contribution in [2.24, 2.45) is 0 Å². The Morgan fingerprint density at radius 2 is 1.81 bits per heavy atom. The molecule has 0 aliphatic carbocycles. The van der Waals surface area contributed by atoms with E-state index in [-0.39, 0.29) is 5.75 Å². The summed E-state index contributed by atoms with van der Waals surface area (Å²) >= 11 is 11.8. The molecular formula is C19H22Cl2N2O2S. The molecule has 2 aromatic carbocycles. The molecule has 1 aliphatic rings. The van der Waals surface area contributed by atoms with Crippen LogP contribution in [0.5, 0.6) is 0 Å². The summed E-state index contributed by atoms with van der Waals surface area (Å²) in [6.07, 6.45) is 1.84. The van der Waals surface area contributed by atoms with Gasteiger partial charge in [0.1, 0.15) is 0 Å². The molecular weight excluding hydrogens is 391 g/mol. The van der Waals surface area contributed by atoms with Gasteiger partial charge in [0.15, 0.2) is 0 Å². The van der Waals surface area contributed by atoms with Gasteiger partial charge in [-0.2, -0.15) is 0 Å². The molecule has 0 amide bonds. The van der Waals surface area contributed by atoms with Crippen molar-refractivity contribution in [3.8, 4) is 0 Å². The Labute approximate surface area is 165 Å². The zero-order valence-electron chi connectivity index (χ0n) is 14.4. The first kappa shape index (κ1) is 19.6. The molecule has 0 spiro atoms. The lowest BCUT2D eigenvalue weighted by Gasteiger charge is -2.28. The van der Waals surface area contributed by atoms with Crippen LogP contribution in [0.3, 0.4) is 0 Å². The molecule has 1 N–H and O–H groups in total. The Morgan fingerprint density at radius 3 is 2.58 bits per heavy atom. The van der Waals surface area contributed by atoms with E-state index < -0.39 is 10.0 Å². The van der Waals surface area contributed by atoms with Crippen LogP contribution in [0.15, 0.2) is 42.5 Å². The van der Waals surface area contributed by atoms with E-state index in [9.17, 15) is 8.42 Å². The van der Waals surface area contributed by atoms with Crippen LogP contribution in [0, 0.1) is 0 Å². The monoisotopic (exact) mass is 412 g/mol. The quantitative estimate of drug-likeness (QED) is 0.702. The highest BCUT2D eigenvalue weighted by Gasteiger charge is 2.16. The first-order chi connectivity index (χ1) is 12.4. The van der Waals surface area contributed by atoms with E-state index in [0.717, 1.165) is 32.5 Å². The highest BCUT2D eigenvalue weighted by atomic mass is 35.5. The summed E-state index contributed by atoms with van der Waals surface area (Å²) in [4.78, 5) is 2.37. The SMILES string of the molecule is O=S(=O)(Cc1ccc(Cl)c(Cl)c1)NCCCN1CCc2ccccc2C1. The number of nitrogens with one attached hydrogen (secondary N) is 1. The van der Waals surface area contributed by atoms with Gasteiger partial charge >= 0.3 is 0 Å². The molecule has 3 rings (SSSR count). The number of rotatable bonds is 7. The maximum atomic E-state index is 12.2. The second kappa shape index (κ2) is 8.72. The number of fused-ring (bicyclic) bond motifs is 1. The topological polar surface area (TPSA) is 49.4 Å². The highest BCUT2D eigenvalue weighted by molar-refractivity contribution is 7.88. The molecule has 0 saturated heterocycles. The second-order valence-corrected chi connectivity index (χ2v) is 9.17. The van der Waals surface area contributed by atoms with Gasteiger partial charge in [-0.1, -0.05) is 53.5 Å². The molecule has 140 valence electrons. The molecule has 0 bridgehead atoms. The summed E-state index contributed by atoms with van der Waals surface area (Å²) in [5.74, 6) is -0.0963. The van der Waals surface area contributed by atoms with Crippen LogP contribution in [0.1, 0.15) is 23.1 Å². The molecule has 0 unspecified atom stereocenters. The molecule has 1 aliphatic heterocycles. The summed E-state index contributed by atoms with van der Waals surface area (Å²) in [6, 6.07) is 13.4. The maximum absolute atomic E-state index is 12.2. The van der Waals surface area contributed by atoms with Gasteiger partial charge in [0.05, 0.1) is 15.8 Å². The van der Waals surface area contributed by atoms with Crippen LogP contribution >= 0.6 is 23.2 Å². The molecule has 0 saturated carbocycles. The van der Waals surface area contributed by atoms with Crippen molar-refractivity contribution in [1.82, 2.24) is 9.62 Å². The van der Waals surface area contributed by atoms with E-state index in [2.05, 4.69) is 33.9 Å². The molecule has 0 atom stereocenters. The Balaban J connectivity index is 1.43. The number of halogens is 2. The van der Waals surface area contributed by atoms with Gasteiger partial charge in [-0.3, -0.25) is 4.90 Å². The van der Waals surface area contributed by atoms with Crippen molar-refractivity contribution >= 4 is 33.2 Å². The minimum atomic E-state index is -3.39. The van der Waals surface area contributed by atoms with Crippen molar-refractivity contribution in [3.05, 3.63) is 69.2 Å². The third kappa shape index (κ3) is 5.44. The molecule has 7 heteroatoms. The molecule has 1 heterocycles. The van der Waals surface area contributed by atoms with Crippen molar-refractivity contribution < 1.29 is 8.42 Å². The van der Waals surface area contributed by atoms with Gasteiger partial charge in [0.25, 0.3) is 0 Å². The van der Waals surface area contributed by atoms with Gasteiger partial charge in [0.2, 0.25) is 10.0 Å². The van der Waals surface area contributed by atoms with Crippen LogP contribution in [0.2, 0.25) is 10.0 Å². The van der Waals surface area contributed by atoms with E-state index in [1.807, 2.05) is 0 Å². The average molecular weight is 413 g/mol. The fourth-order valence-corrected chi connectivity index (χ4v) is 4.67. The van der Waals surface area contributed by atoms with Gasteiger partial charge < -0.3 is 0 Å². The van der Waals surface area contributed by atoms with Gasteiger partial charge in [-0.15, -0.1) is 0 Å². The molecule has 4 nitrogen and oxygen atoms in total. The molecule has 0 aromatic heterocycles. The van der Waals surface area contributed by atoms with Crippen molar-refractivity contribution in [3.63, 3.8) is 0 Å². The third-order valence-electron chi connectivity index (χ3n) is 4.52. The second-order valence-electron chi connectivity index (χ2n) is 6.55. The number of hydrogen-bond donors (Lipinski definition) is 1. The zero-order chi connectivity index (χ0) is 18.6. The fraction of sp³-hybridized carbons (Fsp3) is 0.368. The highest BCUT2D eigenvalue weighted by Crippen LogP contribution is 2.23. The lowest BCUT2D eigenvalue weighted by atomic mass is 10.00. The summed E-state index contributed by atoms with van der Waals surface area (Å²) in [6.45, 7) is 3.27. The third-order valence-corrected chi connectivity index (χ3v) is 6.62. The number of benzene rings is 2. The zero-order valence-corrected chi connectivity index (χ0v) is 16.7. The lowest BCUT2D eigenvalue weighted by Crippen LogP contribution is -2.34. The minimum Gasteiger partial charge on any atom is -0.299 e. The normalized spacial score (nSPS) is 15.0. The van der Waals surface area contributed by atoms with E-state index >= 15 is 0 Å². The first-order valence-electron chi connectivity index (χ1n) is 8.63. The summed E-state index contributed by atoms with van der Waals surface area (Å²) < 4.78 is 27.1. The average Bonchev–Trinajstić information content (AvgIpc) is 2.61. The first-order valence-corrected chi connectivity index (χ1v) is 11.0. The predicted molar refractivity (Wildman–Crippen MR) is 107 cm³/mol. The number of hydrogen-bond acceptors (Lipinski definition) is 3. The summed E-state index contributed by atoms with van der Waals surface area (Å²) in [7, 11) is -3.39. The predicted octanol–water partition coefficient (Wildman–Crippen LogP) is 3.86. The van der Waals surface area contributed by atoms with Crippen LogP contribution in [-0.4, -0.2) is 33.0 Å². The van der Waals surface area contributed by atoms with Gasteiger partial charge in [-0.05, 0) is 48.2 Å². The molecule has 2 aromatic rings. The Hall–Kier alpha value is -1.11. The van der Waals surface area contributed by atoms with Crippen LogP contribution in [0.4, 0.5) is 0 Å². The van der Waals surface area contributed by atoms with Crippen LogP contribution in [-0.2, 0) is 28.7 Å². The fourth-order valence-electron chi connectivity index (χ4n) is 3.18. The van der Waals surface area contributed by atoms with Gasteiger partial charge in [0, 0.05) is 19.6 Å². The van der Waals surface area contributed by atoms with Crippen LogP contribution in [0.25, 0.3) is 0 Å². The molecule has 0 radical (unpaired) electrons. The van der Waals surface area contributed by atoms with Gasteiger partial charge in [-0.25, -0.2) is 13.1 Å². The minimum absolute atomic E-state index is 0.0963. The smallest absolute Gasteiger partial charge is 0.215 e. The Morgan fingerprint density at radius 1 is 1.04 bits per heavy atom. The maximum Gasteiger partial charge on any atom is 0.215 e. The Bertz CT molecular complexity index is 872. The van der Waals surface area contributed by atoms with E-state index in [0.29, 0.717) is 22.2 Å². The van der Waals surface area contributed by atoms with Crippen LogP contribution < -0.4 is 4.72 Å². The lowest BCUT2D eigenvalue weighted by molar-refractivity contribution is 0.251. The van der Waals surface area contributed by atoms with E-state index in [4.69, 9.17) is 23.2 Å². The van der Waals surface area contributed by atoms with Crippen molar-refractivity contribution in [2.75, 3.05) is 19.6 Å². The van der Waals surface area contributed by atoms with E-state index in [1.54, 1.807) is 18.2 Å². The van der Waals surface area contributed by atoms with Crippen molar-refractivity contribution in [2.45, 2.75) is 25.1 Å². The summed E-state index contributed by atoms with van der Waals surface area (Å²) in [5.41, 5.74) is 3.42. The number of nitrogens with zero attached hydrogens (tertiary/aromatic N) is 1. The Kier molecular flexibility index (Phi) is 6.59. The standard InChI is InChI=1S/C19H22Cl2N2O2S/c20-18-7-6-15(12-19(18)21)14-26(24,25)22-9-3-10-23-11-8-16-4-1-2-5-17(16)13-23/h1-2,4-7,12,22H,3,8-11,13-14H2. The largest absolute Gasteiger partial charge is 0.299 e. The summed E-state index contributed by atoms with van der Waals surface area (Å²) in [5, 5.41) is 0.786. The number of sulfonamides is 1. The molecule has 0 fully saturated rings. The van der Waals surface area contributed by atoms with E-state index in [1.165, 1.54) is 11.1 Å². The molecule has 26 heavy (non-hydrogen) atoms. The van der Waals surface area contributed by atoms with Crippen molar-refractivity contribution in [1.29, 1.82) is 0 Å².